The first-order valence-electron chi connectivity index (χ1n) is 6.68. The zero-order valence-electron chi connectivity index (χ0n) is 12.6. The molecule has 8 heteroatoms. The molecular weight excluding hydrogens is 415 g/mol. The van der Waals surface area contributed by atoms with Crippen molar-refractivity contribution in [2.24, 2.45) is 4.99 Å². The molecule has 0 amide bonds. The molecule has 2 aromatic rings. The van der Waals surface area contributed by atoms with Crippen LogP contribution >= 0.6 is 35.6 Å². The van der Waals surface area contributed by atoms with Gasteiger partial charge in [0.15, 0.2) is 5.96 Å². The summed E-state index contributed by atoms with van der Waals surface area (Å²) < 4.78 is 1.77. The van der Waals surface area contributed by atoms with E-state index in [0.717, 1.165) is 29.6 Å². The van der Waals surface area contributed by atoms with Crippen molar-refractivity contribution in [2.45, 2.75) is 13.1 Å². The van der Waals surface area contributed by atoms with Crippen LogP contribution in [0.2, 0.25) is 5.02 Å². The predicted molar refractivity (Wildman–Crippen MR) is 99.7 cm³/mol. The van der Waals surface area contributed by atoms with E-state index < -0.39 is 0 Å². The molecule has 0 aliphatic heterocycles. The van der Waals surface area contributed by atoms with Gasteiger partial charge in [0.1, 0.15) is 12.7 Å². The van der Waals surface area contributed by atoms with Crippen LogP contribution in [0, 0.1) is 0 Å². The van der Waals surface area contributed by atoms with Gasteiger partial charge in [-0.1, -0.05) is 29.8 Å². The Kier molecular flexibility index (Phi) is 8.18. The highest BCUT2D eigenvalue weighted by molar-refractivity contribution is 14.0. The summed E-state index contributed by atoms with van der Waals surface area (Å²) in [5.74, 6) is 0.815. The zero-order valence-corrected chi connectivity index (χ0v) is 15.7. The minimum absolute atomic E-state index is 0. The maximum atomic E-state index is 6.18. The molecule has 120 valence electrons. The van der Waals surface area contributed by atoms with Crippen LogP contribution in [0.4, 0.5) is 0 Å². The number of aliphatic imine (C=N–C) groups is 1. The molecule has 1 aromatic heterocycles. The van der Waals surface area contributed by atoms with Crippen molar-refractivity contribution in [1.29, 1.82) is 0 Å². The molecule has 0 spiro atoms. The number of hydrogen-bond acceptors (Lipinski definition) is 3. The maximum Gasteiger partial charge on any atom is 0.193 e. The Balaban J connectivity index is 0.00000242. The molecule has 6 nitrogen and oxygen atoms in total. The molecule has 22 heavy (non-hydrogen) atoms. The van der Waals surface area contributed by atoms with E-state index in [4.69, 9.17) is 11.6 Å². The lowest BCUT2D eigenvalue weighted by Gasteiger charge is -2.22. The van der Waals surface area contributed by atoms with Gasteiger partial charge in [-0.05, 0) is 11.6 Å². The lowest BCUT2D eigenvalue weighted by Crippen LogP contribution is -2.39. The number of nitrogens with zero attached hydrogens (tertiary/aromatic N) is 5. The smallest absolute Gasteiger partial charge is 0.193 e. The molecular formula is C14H20ClIN6. The van der Waals surface area contributed by atoms with Crippen LogP contribution in [0.15, 0.2) is 41.9 Å². The van der Waals surface area contributed by atoms with E-state index in [1.54, 1.807) is 18.1 Å². The summed E-state index contributed by atoms with van der Waals surface area (Å²) in [5.41, 5.74) is 1.07. The Bertz CT molecular complexity index is 587. The van der Waals surface area contributed by atoms with Crippen LogP contribution in [-0.2, 0) is 13.1 Å². The summed E-state index contributed by atoms with van der Waals surface area (Å²) in [5, 5.41) is 8.12. The molecule has 1 aromatic carbocycles. The molecule has 0 bridgehead atoms. The van der Waals surface area contributed by atoms with E-state index in [-0.39, 0.29) is 24.0 Å². The fraction of sp³-hybridized carbons (Fsp3) is 0.357. The van der Waals surface area contributed by atoms with E-state index in [1.807, 2.05) is 36.2 Å². The van der Waals surface area contributed by atoms with Gasteiger partial charge in [0.05, 0.1) is 6.54 Å². The number of aromatic nitrogens is 3. The third-order valence-corrected chi connectivity index (χ3v) is 3.40. The average Bonchev–Trinajstić information content (AvgIpc) is 2.99. The maximum absolute atomic E-state index is 6.18. The Labute approximate surface area is 152 Å². The van der Waals surface area contributed by atoms with Gasteiger partial charge in [-0.25, -0.2) is 4.98 Å². The first-order chi connectivity index (χ1) is 10.2. The molecule has 1 N–H and O–H groups in total. The minimum Gasteiger partial charge on any atom is -0.354 e. The first-order valence-corrected chi connectivity index (χ1v) is 7.06. The minimum atomic E-state index is 0. The van der Waals surface area contributed by atoms with Crippen molar-refractivity contribution >= 4 is 41.5 Å². The molecule has 0 saturated carbocycles. The summed E-state index contributed by atoms with van der Waals surface area (Å²) in [6.45, 7) is 2.16. The van der Waals surface area contributed by atoms with Crippen molar-refractivity contribution < 1.29 is 0 Å². The van der Waals surface area contributed by atoms with Gasteiger partial charge >= 0.3 is 0 Å². The SMILES string of the molecule is CN=C(NCCn1cncn1)N(C)Cc1ccccc1Cl.I. The number of hydrogen-bond donors (Lipinski definition) is 1. The van der Waals surface area contributed by atoms with E-state index in [1.165, 1.54) is 6.33 Å². The summed E-state index contributed by atoms with van der Waals surface area (Å²) in [4.78, 5) is 10.2. The molecule has 1 heterocycles. The molecule has 0 radical (unpaired) electrons. The van der Waals surface area contributed by atoms with Crippen molar-refractivity contribution in [3.8, 4) is 0 Å². The molecule has 0 atom stereocenters. The van der Waals surface area contributed by atoms with E-state index in [2.05, 4.69) is 20.4 Å². The Morgan fingerprint density at radius 3 is 2.82 bits per heavy atom. The lowest BCUT2D eigenvalue weighted by atomic mass is 10.2. The predicted octanol–water partition coefficient (Wildman–Crippen LogP) is 2.26. The third kappa shape index (κ3) is 5.45. The fourth-order valence-electron chi connectivity index (χ4n) is 1.97. The quantitative estimate of drug-likeness (QED) is 0.445. The van der Waals surface area contributed by atoms with Crippen LogP contribution in [0.25, 0.3) is 0 Å². The molecule has 0 saturated heterocycles. The van der Waals surface area contributed by atoms with Crippen molar-refractivity contribution in [1.82, 2.24) is 25.0 Å². The zero-order chi connectivity index (χ0) is 15.1. The molecule has 0 unspecified atom stereocenters. The second-order valence-corrected chi connectivity index (χ2v) is 4.99. The van der Waals surface area contributed by atoms with E-state index >= 15 is 0 Å². The van der Waals surface area contributed by atoms with Gasteiger partial charge in [-0.2, -0.15) is 5.10 Å². The lowest BCUT2D eigenvalue weighted by molar-refractivity contribution is 0.470. The summed E-state index contributed by atoms with van der Waals surface area (Å²) in [6.07, 6.45) is 3.22. The van der Waals surface area contributed by atoms with Crippen LogP contribution < -0.4 is 5.32 Å². The largest absolute Gasteiger partial charge is 0.354 e. The molecule has 0 aliphatic rings. The second kappa shape index (κ2) is 9.62. The molecule has 0 fully saturated rings. The van der Waals surface area contributed by atoms with Crippen molar-refractivity contribution in [2.75, 3.05) is 20.6 Å². The highest BCUT2D eigenvalue weighted by Gasteiger charge is 2.08. The highest BCUT2D eigenvalue weighted by atomic mass is 127. The fourth-order valence-corrected chi connectivity index (χ4v) is 2.17. The second-order valence-electron chi connectivity index (χ2n) is 4.58. The van der Waals surface area contributed by atoms with Gasteiger partial charge in [-0.15, -0.1) is 24.0 Å². The van der Waals surface area contributed by atoms with Crippen molar-refractivity contribution in [3.05, 3.63) is 47.5 Å². The number of nitrogens with one attached hydrogen (secondary N) is 1. The van der Waals surface area contributed by atoms with Gasteiger partial charge in [0.2, 0.25) is 0 Å². The molecule has 0 aliphatic carbocycles. The number of halogens is 2. The van der Waals surface area contributed by atoms with Crippen molar-refractivity contribution in [3.63, 3.8) is 0 Å². The van der Waals surface area contributed by atoms with Gasteiger partial charge in [0.25, 0.3) is 0 Å². The monoisotopic (exact) mass is 434 g/mol. The van der Waals surface area contributed by atoms with E-state index in [9.17, 15) is 0 Å². The van der Waals surface area contributed by atoms with E-state index in [0.29, 0.717) is 6.54 Å². The standard InChI is InChI=1S/C14H19ClN6.HI/c1-16-14(18-7-8-21-11-17-10-19-21)20(2)9-12-5-3-4-6-13(12)15;/h3-6,10-11H,7-9H2,1-2H3,(H,16,18);1H. The number of benzene rings is 1. The molecule has 2 rings (SSSR count). The van der Waals surface area contributed by atoms with Gasteiger partial charge in [-0.3, -0.25) is 9.67 Å². The van der Waals surface area contributed by atoms with Crippen LogP contribution in [0.1, 0.15) is 5.56 Å². The summed E-state index contributed by atoms with van der Waals surface area (Å²) >= 11 is 6.18. The summed E-state index contributed by atoms with van der Waals surface area (Å²) in [6, 6.07) is 7.82. The number of guanidine groups is 1. The normalized spacial score (nSPS) is 11.0. The topological polar surface area (TPSA) is 58.3 Å². The van der Waals surface area contributed by atoms with Gasteiger partial charge < -0.3 is 10.2 Å². The average molecular weight is 435 g/mol. The first kappa shape index (κ1) is 18.7. The van der Waals surface area contributed by atoms with Crippen LogP contribution in [0.3, 0.4) is 0 Å². The third-order valence-electron chi connectivity index (χ3n) is 3.03. The Hall–Kier alpha value is -1.35. The van der Waals surface area contributed by atoms with Crippen LogP contribution in [-0.4, -0.2) is 46.3 Å². The van der Waals surface area contributed by atoms with Crippen LogP contribution in [0.5, 0.6) is 0 Å². The Morgan fingerprint density at radius 2 is 2.18 bits per heavy atom. The highest BCUT2D eigenvalue weighted by Crippen LogP contribution is 2.16. The Morgan fingerprint density at radius 1 is 1.41 bits per heavy atom. The summed E-state index contributed by atoms with van der Waals surface area (Å²) in [7, 11) is 3.75. The number of rotatable bonds is 5. The van der Waals surface area contributed by atoms with Gasteiger partial charge in [0, 0.05) is 32.2 Å².